The Kier molecular flexibility index (Phi) is 9.73. The molecule has 170 valence electrons. The lowest BCUT2D eigenvalue weighted by molar-refractivity contribution is 0.222. The Hall–Kier alpha value is -1.69. The van der Waals surface area contributed by atoms with Crippen LogP contribution in [-0.4, -0.2) is 75.8 Å². The van der Waals surface area contributed by atoms with Crippen LogP contribution < -0.4 is 5.32 Å². The fourth-order valence-electron chi connectivity index (χ4n) is 3.56. The molecule has 1 saturated heterocycles. The first-order chi connectivity index (χ1) is 14.4. The van der Waals surface area contributed by atoms with Crippen molar-refractivity contribution in [2.75, 3.05) is 47.3 Å². The first-order valence-electron chi connectivity index (χ1n) is 10.1. The molecule has 0 bridgehead atoms. The van der Waals surface area contributed by atoms with E-state index >= 15 is 0 Å². The lowest BCUT2D eigenvalue weighted by atomic mass is 10.2. The van der Waals surface area contributed by atoms with E-state index in [9.17, 15) is 8.42 Å². The Bertz CT molecular complexity index is 961. The van der Waals surface area contributed by atoms with Crippen LogP contribution in [0.25, 0.3) is 0 Å². The number of aliphatic imine (C=N–C) groups is 1. The van der Waals surface area contributed by atoms with Gasteiger partial charge < -0.3 is 15.1 Å². The maximum atomic E-state index is 13.2. The summed E-state index contributed by atoms with van der Waals surface area (Å²) >= 11 is 0. The van der Waals surface area contributed by atoms with Crippen LogP contribution in [0, 0.1) is 0 Å². The summed E-state index contributed by atoms with van der Waals surface area (Å²) in [6, 6.07) is 17.4. The van der Waals surface area contributed by atoms with Crippen molar-refractivity contribution < 1.29 is 8.42 Å². The highest BCUT2D eigenvalue weighted by molar-refractivity contribution is 14.0. The molecule has 0 unspecified atom stereocenters. The smallest absolute Gasteiger partial charge is 0.243 e. The van der Waals surface area contributed by atoms with Crippen molar-refractivity contribution in [1.29, 1.82) is 0 Å². The summed E-state index contributed by atoms with van der Waals surface area (Å²) < 4.78 is 28.1. The summed E-state index contributed by atoms with van der Waals surface area (Å²) in [5.41, 5.74) is 1.92. The average molecular weight is 558 g/mol. The van der Waals surface area contributed by atoms with E-state index in [0.29, 0.717) is 37.0 Å². The SMILES string of the molecule is CN=C(NCc1ccccc1S(=O)(=O)N1CCN(C)CC1)N(C)Cc1ccccc1.I. The summed E-state index contributed by atoms with van der Waals surface area (Å²) in [4.78, 5) is 8.89. The molecule has 1 fully saturated rings. The van der Waals surface area contributed by atoms with Gasteiger partial charge in [-0.15, -0.1) is 24.0 Å². The largest absolute Gasteiger partial charge is 0.352 e. The topological polar surface area (TPSA) is 68.2 Å². The third-order valence-corrected chi connectivity index (χ3v) is 7.32. The molecule has 1 aliphatic heterocycles. The molecule has 0 saturated carbocycles. The monoisotopic (exact) mass is 557 g/mol. The van der Waals surface area contributed by atoms with Crippen LogP contribution in [0.3, 0.4) is 0 Å². The van der Waals surface area contributed by atoms with Crippen LogP contribution >= 0.6 is 24.0 Å². The quantitative estimate of drug-likeness (QED) is 0.336. The van der Waals surface area contributed by atoms with Gasteiger partial charge >= 0.3 is 0 Å². The highest BCUT2D eigenvalue weighted by Gasteiger charge is 2.29. The van der Waals surface area contributed by atoms with Crippen molar-refractivity contribution in [3.63, 3.8) is 0 Å². The second-order valence-corrected chi connectivity index (χ2v) is 9.46. The summed E-state index contributed by atoms with van der Waals surface area (Å²) in [7, 11) is 2.19. The van der Waals surface area contributed by atoms with Crippen LogP contribution in [-0.2, 0) is 23.1 Å². The van der Waals surface area contributed by atoms with Crippen molar-refractivity contribution in [3.05, 3.63) is 65.7 Å². The Morgan fingerprint density at radius 2 is 1.65 bits per heavy atom. The molecule has 1 heterocycles. The van der Waals surface area contributed by atoms with E-state index in [1.165, 1.54) is 5.56 Å². The molecular weight excluding hydrogens is 525 g/mol. The number of hydrogen-bond acceptors (Lipinski definition) is 4. The van der Waals surface area contributed by atoms with Crippen LogP contribution in [0.4, 0.5) is 0 Å². The molecule has 0 radical (unpaired) electrons. The van der Waals surface area contributed by atoms with Crippen LogP contribution in [0.5, 0.6) is 0 Å². The zero-order chi connectivity index (χ0) is 21.6. The standard InChI is InChI=1S/C22H31N5O2S.HI/c1-23-22(26(3)18-19-9-5-4-6-10-19)24-17-20-11-7-8-12-21(20)30(28,29)27-15-13-25(2)14-16-27;/h4-12H,13-18H2,1-3H3,(H,23,24);1H. The number of benzene rings is 2. The molecule has 2 aromatic rings. The van der Waals surface area contributed by atoms with E-state index in [0.717, 1.165) is 18.7 Å². The molecule has 1 N–H and O–H groups in total. The normalized spacial score (nSPS) is 15.9. The number of nitrogens with one attached hydrogen (secondary N) is 1. The van der Waals surface area contributed by atoms with Gasteiger partial charge in [0.05, 0.1) is 4.90 Å². The van der Waals surface area contributed by atoms with Crippen molar-refractivity contribution in [2.24, 2.45) is 4.99 Å². The number of sulfonamides is 1. The van der Waals surface area contributed by atoms with E-state index in [2.05, 4.69) is 27.3 Å². The van der Waals surface area contributed by atoms with Crippen LogP contribution in [0.2, 0.25) is 0 Å². The van der Waals surface area contributed by atoms with Crippen LogP contribution in [0.15, 0.2) is 64.5 Å². The minimum absolute atomic E-state index is 0. The summed E-state index contributed by atoms with van der Waals surface area (Å²) in [6.45, 7) is 3.62. The predicted octanol–water partition coefficient (Wildman–Crippen LogP) is 2.45. The molecule has 3 rings (SSSR count). The van der Waals surface area contributed by atoms with Gasteiger partial charge in [0.15, 0.2) is 5.96 Å². The highest BCUT2D eigenvalue weighted by Crippen LogP contribution is 2.21. The molecule has 0 aliphatic carbocycles. The van der Waals surface area contributed by atoms with Gasteiger partial charge in [-0.25, -0.2) is 8.42 Å². The predicted molar refractivity (Wildman–Crippen MR) is 136 cm³/mol. The van der Waals surface area contributed by atoms with Gasteiger partial charge in [0.1, 0.15) is 0 Å². The van der Waals surface area contributed by atoms with E-state index in [1.807, 2.05) is 49.3 Å². The third kappa shape index (κ3) is 6.64. The average Bonchev–Trinajstić information content (AvgIpc) is 2.75. The van der Waals surface area contributed by atoms with Gasteiger partial charge in [-0.2, -0.15) is 4.31 Å². The molecule has 31 heavy (non-hydrogen) atoms. The number of guanidine groups is 1. The van der Waals surface area contributed by atoms with Crippen molar-refractivity contribution >= 4 is 40.0 Å². The molecule has 2 aromatic carbocycles. The number of piperazine rings is 1. The van der Waals surface area contributed by atoms with Gasteiger partial charge in [-0.05, 0) is 24.2 Å². The first-order valence-corrected chi connectivity index (χ1v) is 11.6. The number of rotatable bonds is 6. The van der Waals surface area contributed by atoms with Crippen LogP contribution in [0.1, 0.15) is 11.1 Å². The maximum Gasteiger partial charge on any atom is 0.243 e. The van der Waals surface area contributed by atoms with E-state index in [-0.39, 0.29) is 24.0 Å². The van der Waals surface area contributed by atoms with Gasteiger partial charge in [0.2, 0.25) is 10.0 Å². The molecule has 0 amide bonds. The molecule has 0 spiro atoms. The minimum atomic E-state index is -3.53. The molecule has 0 atom stereocenters. The zero-order valence-corrected chi connectivity index (χ0v) is 21.5. The van der Waals surface area contributed by atoms with Gasteiger partial charge in [-0.3, -0.25) is 4.99 Å². The first kappa shape index (κ1) is 25.6. The fraction of sp³-hybridized carbons (Fsp3) is 0.409. The Labute approximate surface area is 203 Å². The maximum absolute atomic E-state index is 13.2. The third-order valence-electron chi connectivity index (χ3n) is 5.33. The second-order valence-electron chi connectivity index (χ2n) is 7.56. The Morgan fingerprint density at radius 1 is 1.03 bits per heavy atom. The number of halogens is 1. The number of nitrogens with zero attached hydrogens (tertiary/aromatic N) is 4. The molecule has 0 aromatic heterocycles. The molecule has 1 aliphatic rings. The molecule has 9 heteroatoms. The summed E-state index contributed by atoms with van der Waals surface area (Å²) in [6.07, 6.45) is 0. The van der Waals surface area contributed by atoms with Gasteiger partial charge in [-0.1, -0.05) is 48.5 Å². The van der Waals surface area contributed by atoms with E-state index in [4.69, 9.17) is 0 Å². The minimum Gasteiger partial charge on any atom is -0.352 e. The van der Waals surface area contributed by atoms with E-state index < -0.39 is 10.0 Å². The van der Waals surface area contributed by atoms with Gasteiger partial charge in [0.25, 0.3) is 0 Å². The molecule has 7 nitrogen and oxygen atoms in total. The number of likely N-dealkylation sites (N-methyl/N-ethyl adjacent to an activating group) is 1. The highest BCUT2D eigenvalue weighted by atomic mass is 127. The van der Waals surface area contributed by atoms with Crippen molar-refractivity contribution in [3.8, 4) is 0 Å². The zero-order valence-electron chi connectivity index (χ0n) is 18.4. The fourth-order valence-corrected chi connectivity index (χ4v) is 5.20. The van der Waals surface area contributed by atoms with E-state index in [1.54, 1.807) is 23.5 Å². The lowest BCUT2D eigenvalue weighted by Gasteiger charge is -2.32. The lowest BCUT2D eigenvalue weighted by Crippen LogP contribution is -2.47. The summed E-state index contributed by atoms with van der Waals surface area (Å²) in [5.74, 6) is 0.714. The molecular formula is C22H32IN5O2S. The Morgan fingerprint density at radius 3 is 2.29 bits per heavy atom. The van der Waals surface area contributed by atoms with Crippen molar-refractivity contribution in [2.45, 2.75) is 18.0 Å². The van der Waals surface area contributed by atoms with Gasteiger partial charge in [0, 0.05) is 53.4 Å². The number of hydrogen-bond donors (Lipinski definition) is 1. The van der Waals surface area contributed by atoms with Crippen molar-refractivity contribution in [1.82, 2.24) is 19.4 Å². The second kappa shape index (κ2) is 11.8. The summed E-state index contributed by atoms with van der Waals surface area (Å²) in [5, 5.41) is 3.31. The Balaban J connectivity index is 0.00000341.